The van der Waals surface area contributed by atoms with Gasteiger partial charge in [0.25, 0.3) is 0 Å². The fraction of sp³-hybridized carbons (Fsp3) is 0.800. The van der Waals surface area contributed by atoms with E-state index in [1.807, 2.05) is 6.92 Å². The highest BCUT2D eigenvalue weighted by Gasteiger charge is 2.41. The van der Waals surface area contributed by atoms with Crippen LogP contribution in [0.1, 0.15) is 32.6 Å². The Morgan fingerprint density at radius 3 is 2.14 bits per heavy atom. The number of carbonyl (C=O) groups is 2. The number of piperidine rings is 1. The standard InChI is InChI=1S/C10H15NO3/c1-6-2-9(13)11(10(14)3-6)7-4-8(12)5-7/h6-8,12H,2-5H2,1H3. The third-order valence-electron chi connectivity index (χ3n) is 3.04. The quantitative estimate of drug-likeness (QED) is 0.615. The van der Waals surface area contributed by atoms with Gasteiger partial charge in [0.1, 0.15) is 0 Å². The Bertz CT molecular complexity index is 253. The minimum absolute atomic E-state index is 0.0301. The second-order valence-corrected chi connectivity index (χ2v) is 4.45. The number of nitrogens with zero attached hydrogens (tertiary/aromatic N) is 1. The van der Waals surface area contributed by atoms with Gasteiger partial charge in [0, 0.05) is 18.9 Å². The smallest absolute Gasteiger partial charge is 0.229 e. The summed E-state index contributed by atoms with van der Waals surface area (Å²) in [6.07, 6.45) is 1.74. The van der Waals surface area contributed by atoms with Gasteiger partial charge in [-0.15, -0.1) is 0 Å². The highest BCUT2D eigenvalue weighted by atomic mass is 16.3. The first-order valence-corrected chi connectivity index (χ1v) is 5.11. The van der Waals surface area contributed by atoms with E-state index in [0.29, 0.717) is 25.7 Å². The molecule has 2 fully saturated rings. The van der Waals surface area contributed by atoms with Crippen molar-refractivity contribution in [3.63, 3.8) is 0 Å². The van der Waals surface area contributed by atoms with Crippen LogP contribution in [0.2, 0.25) is 0 Å². The van der Waals surface area contributed by atoms with Crippen molar-refractivity contribution < 1.29 is 14.7 Å². The van der Waals surface area contributed by atoms with E-state index < -0.39 is 0 Å². The lowest BCUT2D eigenvalue weighted by Gasteiger charge is -2.41. The van der Waals surface area contributed by atoms with Gasteiger partial charge in [-0.2, -0.15) is 0 Å². The van der Waals surface area contributed by atoms with Crippen molar-refractivity contribution >= 4 is 11.8 Å². The van der Waals surface area contributed by atoms with Crippen LogP contribution in [0.15, 0.2) is 0 Å². The van der Waals surface area contributed by atoms with Gasteiger partial charge in [0.05, 0.1) is 6.10 Å². The summed E-state index contributed by atoms with van der Waals surface area (Å²) in [4.78, 5) is 24.5. The summed E-state index contributed by atoms with van der Waals surface area (Å²) in [7, 11) is 0. The SMILES string of the molecule is CC1CC(=O)N(C2CC(O)C2)C(=O)C1. The summed E-state index contributed by atoms with van der Waals surface area (Å²) >= 11 is 0. The average molecular weight is 197 g/mol. The molecule has 2 aliphatic rings. The van der Waals surface area contributed by atoms with Crippen molar-refractivity contribution in [1.29, 1.82) is 0 Å². The lowest BCUT2D eigenvalue weighted by Crippen LogP contribution is -2.55. The van der Waals surface area contributed by atoms with Crippen molar-refractivity contribution in [2.75, 3.05) is 0 Å². The van der Waals surface area contributed by atoms with Gasteiger partial charge in [-0.1, -0.05) is 6.92 Å². The molecule has 4 heteroatoms. The third-order valence-corrected chi connectivity index (χ3v) is 3.04. The zero-order chi connectivity index (χ0) is 10.3. The minimum atomic E-state index is -0.319. The van der Waals surface area contributed by atoms with Gasteiger partial charge in [0.2, 0.25) is 11.8 Å². The second-order valence-electron chi connectivity index (χ2n) is 4.45. The number of amides is 2. The van der Waals surface area contributed by atoms with Crippen molar-refractivity contribution in [3.8, 4) is 0 Å². The van der Waals surface area contributed by atoms with Crippen LogP contribution in [-0.4, -0.2) is 34.0 Å². The second kappa shape index (κ2) is 3.35. The van der Waals surface area contributed by atoms with E-state index in [1.165, 1.54) is 4.90 Å². The Morgan fingerprint density at radius 1 is 1.21 bits per heavy atom. The summed E-state index contributed by atoms with van der Waals surface area (Å²) in [6.45, 7) is 1.92. The predicted octanol–water partition coefficient (Wildman–Crippen LogP) is 0.295. The highest BCUT2D eigenvalue weighted by molar-refractivity contribution is 5.98. The Kier molecular flexibility index (Phi) is 2.31. The molecule has 0 unspecified atom stereocenters. The Morgan fingerprint density at radius 2 is 1.71 bits per heavy atom. The molecule has 2 amide bonds. The molecule has 1 aliphatic heterocycles. The summed E-state index contributed by atoms with van der Waals surface area (Å²) in [5.41, 5.74) is 0. The first-order valence-electron chi connectivity index (χ1n) is 5.11. The van der Waals surface area contributed by atoms with Gasteiger partial charge in [-0.25, -0.2) is 0 Å². The van der Waals surface area contributed by atoms with Crippen molar-refractivity contribution in [2.45, 2.75) is 44.8 Å². The van der Waals surface area contributed by atoms with Crippen LogP contribution < -0.4 is 0 Å². The maximum absolute atomic E-state index is 11.6. The molecule has 0 aromatic carbocycles. The van der Waals surface area contributed by atoms with E-state index >= 15 is 0 Å². The number of imide groups is 1. The van der Waals surface area contributed by atoms with Crippen LogP contribution in [0, 0.1) is 5.92 Å². The molecule has 2 rings (SSSR count). The molecule has 1 saturated heterocycles. The van der Waals surface area contributed by atoms with Crippen molar-refractivity contribution in [2.24, 2.45) is 5.92 Å². The topological polar surface area (TPSA) is 57.6 Å². The summed E-state index contributed by atoms with van der Waals surface area (Å²) in [5, 5.41) is 9.12. The fourth-order valence-corrected chi connectivity index (χ4v) is 2.18. The van der Waals surface area contributed by atoms with Gasteiger partial charge in [0.15, 0.2) is 0 Å². The normalized spacial score (nSPS) is 34.6. The molecule has 0 radical (unpaired) electrons. The molecule has 0 aromatic rings. The van der Waals surface area contributed by atoms with Crippen molar-refractivity contribution in [3.05, 3.63) is 0 Å². The van der Waals surface area contributed by atoms with E-state index in [0.717, 1.165) is 0 Å². The maximum atomic E-state index is 11.6. The molecule has 1 aliphatic carbocycles. The molecule has 4 nitrogen and oxygen atoms in total. The number of hydrogen-bond acceptors (Lipinski definition) is 3. The Labute approximate surface area is 82.9 Å². The van der Waals surface area contributed by atoms with Gasteiger partial charge in [-0.3, -0.25) is 14.5 Å². The molecule has 78 valence electrons. The van der Waals surface area contributed by atoms with E-state index in [2.05, 4.69) is 0 Å². The van der Waals surface area contributed by atoms with Crippen molar-refractivity contribution in [1.82, 2.24) is 4.90 Å². The summed E-state index contributed by atoms with van der Waals surface area (Å²) in [6, 6.07) is -0.0301. The third kappa shape index (κ3) is 1.54. The van der Waals surface area contributed by atoms with E-state index in [4.69, 9.17) is 5.11 Å². The first kappa shape index (κ1) is 9.65. The van der Waals surface area contributed by atoms with Crippen LogP contribution in [0.3, 0.4) is 0 Å². The van der Waals surface area contributed by atoms with Gasteiger partial charge < -0.3 is 5.11 Å². The number of aliphatic hydroxyl groups excluding tert-OH is 1. The molecule has 1 saturated carbocycles. The number of hydrogen-bond donors (Lipinski definition) is 1. The predicted molar refractivity (Wildman–Crippen MR) is 49.3 cm³/mol. The van der Waals surface area contributed by atoms with Crippen LogP contribution in [0.4, 0.5) is 0 Å². The molecule has 0 bridgehead atoms. The summed E-state index contributed by atoms with van der Waals surface area (Å²) < 4.78 is 0. The van der Waals surface area contributed by atoms with E-state index in [9.17, 15) is 9.59 Å². The van der Waals surface area contributed by atoms with Crippen LogP contribution in [0.25, 0.3) is 0 Å². The fourth-order valence-electron chi connectivity index (χ4n) is 2.18. The molecule has 0 aromatic heterocycles. The average Bonchev–Trinajstić information content (AvgIpc) is 1.99. The van der Waals surface area contributed by atoms with E-state index in [-0.39, 0.29) is 29.9 Å². The minimum Gasteiger partial charge on any atom is -0.393 e. The largest absolute Gasteiger partial charge is 0.393 e. The number of likely N-dealkylation sites (tertiary alicyclic amines) is 1. The Balaban J connectivity index is 2.03. The number of carbonyl (C=O) groups excluding carboxylic acids is 2. The molecular weight excluding hydrogens is 182 g/mol. The number of rotatable bonds is 1. The lowest BCUT2D eigenvalue weighted by molar-refractivity contribution is -0.157. The summed E-state index contributed by atoms with van der Waals surface area (Å²) in [5.74, 6) is 0.0487. The lowest BCUT2D eigenvalue weighted by atomic mass is 9.85. The zero-order valence-electron chi connectivity index (χ0n) is 8.27. The van der Waals surface area contributed by atoms with Gasteiger partial charge in [-0.05, 0) is 18.8 Å². The van der Waals surface area contributed by atoms with Gasteiger partial charge >= 0.3 is 0 Å². The van der Waals surface area contributed by atoms with Crippen LogP contribution >= 0.6 is 0 Å². The van der Waals surface area contributed by atoms with E-state index in [1.54, 1.807) is 0 Å². The first-order chi connectivity index (χ1) is 6.58. The maximum Gasteiger partial charge on any atom is 0.229 e. The molecule has 0 spiro atoms. The highest BCUT2D eigenvalue weighted by Crippen LogP contribution is 2.30. The molecule has 14 heavy (non-hydrogen) atoms. The Hall–Kier alpha value is -0.900. The zero-order valence-corrected chi connectivity index (χ0v) is 8.27. The van der Waals surface area contributed by atoms with Crippen LogP contribution in [-0.2, 0) is 9.59 Å². The molecule has 1 heterocycles. The van der Waals surface area contributed by atoms with Crippen LogP contribution in [0.5, 0.6) is 0 Å². The monoisotopic (exact) mass is 197 g/mol. The molecule has 1 N–H and O–H groups in total. The molecular formula is C10H15NO3. The number of aliphatic hydroxyl groups is 1. The molecule has 0 atom stereocenters.